The minimum atomic E-state index is -1.08. The fourth-order valence-electron chi connectivity index (χ4n) is 2.63. The SMILES string of the molecule is Cc1c(/C=C2/SC(=S)N(CC(=O)O)C2=O)c2ccccc2n1C. The molecule has 0 radical (unpaired) electrons. The highest BCUT2D eigenvalue weighted by molar-refractivity contribution is 8.26. The number of para-hydroxylation sites is 1. The lowest BCUT2D eigenvalue weighted by Gasteiger charge is -2.10. The van der Waals surface area contributed by atoms with Crippen molar-refractivity contribution in [3.05, 3.63) is 40.4 Å². The van der Waals surface area contributed by atoms with Gasteiger partial charge in [0.1, 0.15) is 10.9 Å². The van der Waals surface area contributed by atoms with E-state index in [9.17, 15) is 9.59 Å². The molecule has 2 aromatic rings. The summed E-state index contributed by atoms with van der Waals surface area (Å²) in [7, 11) is 1.98. The molecule has 0 unspecified atom stereocenters. The Hall–Kier alpha value is -2.12. The van der Waals surface area contributed by atoms with Gasteiger partial charge in [-0.2, -0.15) is 0 Å². The number of aryl methyl sites for hydroxylation is 1. The summed E-state index contributed by atoms with van der Waals surface area (Å²) in [5.41, 5.74) is 3.07. The summed E-state index contributed by atoms with van der Waals surface area (Å²) < 4.78 is 2.35. The second-order valence-electron chi connectivity index (χ2n) is 5.24. The van der Waals surface area contributed by atoms with Crippen LogP contribution in [0.4, 0.5) is 0 Å². The van der Waals surface area contributed by atoms with Crippen LogP contribution in [-0.4, -0.2) is 37.3 Å². The quantitative estimate of drug-likeness (QED) is 0.684. The number of nitrogens with zero attached hydrogens (tertiary/aromatic N) is 2. The Morgan fingerprint density at radius 3 is 2.78 bits per heavy atom. The number of thiocarbonyl (C=S) groups is 1. The molecule has 0 atom stereocenters. The normalized spacial score (nSPS) is 16.8. The Balaban J connectivity index is 2.06. The molecule has 0 bridgehead atoms. The van der Waals surface area contributed by atoms with E-state index in [-0.39, 0.29) is 10.2 Å². The number of aliphatic carboxylic acids is 1. The topological polar surface area (TPSA) is 62.5 Å². The smallest absolute Gasteiger partial charge is 0.323 e. The molecule has 1 aliphatic heterocycles. The van der Waals surface area contributed by atoms with Crippen molar-refractivity contribution in [2.45, 2.75) is 6.92 Å². The van der Waals surface area contributed by atoms with Gasteiger partial charge in [0.2, 0.25) is 0 Å². The molecular formula is C16H14N2O3S2. The summed E-state index contributed by atoms with van der Waals surface area (Å²) in [6.45, 7) is 1.58. The van der Waals surface area contributed by atoms with Crippen molar-refractivity contribution in [1.29, 1.82) is 0 Å². The zero-order chi connectivity index (χ0) is 16.7. The van der Waals surface area contributed by atoms with E-state index in [1.165, 1.54) is 0 Å². The predicted octanol–water partition coefficient (Wildman–Crippen LogP) is 2.77. The third-order valence-corrected chi connectivity index (χ3v) is 5.27. The first-order valence-corrected chi connectivity index (χ1v) is 8.14. The molecule has 1 N–H and O–H groups in total. The number of carbonyl (C=O) groups excluding carboxylic acids is 1. The number of carbonyl (C=O) groups is 2. The van der Waals surface area contributed by atoms with Crippen LogP contribution in [0, 0.1) is 6.92 Å². The van der Waals surface area contributed by atoms with E-state index < -0.39 is 12.5 Å². The van der Waals surface area contributed by atoms with Crippen LogP contribution in [0.15, 0.2) is 29.2 Å². The highest BCUT2D eigenvalue weighted by atomic mass is 32.2. The Morgan fingerprint density at radius 2 is 2.09 bits per heavy atom. The van der Waals surface area contributed by atoms with Gasteiger partial charge in [0, 0.05) is 29.2 Å². The average Bonchev–Trinajstić information content (AvgIpc) is 2.91. The number of thioether (sulfide) groups is 1. The monoisotopic (exact) mass is 346 g/mol. The summed E-state index contributed by atoms with van der Waals surface area (Å²) in [5.74, 6) is -1.43. The fourth-order valence-corrected chi connectivity index (χ4v) is 3.87. The molecule has 1 aromatic carbocycles. The highest BCUT2D eigenvalue weighted by Gasteiger charge is 2.33. The minimum Gasteiger partial charge on any atom is -0.480 e. The molecule has 0 spiro atoms. The molecule has 0 aliphatic carbocycles. The standard InChI is InChI=1S/C16H14N2O3S2/c1-9-11(10-5-3-4-6-12(10)17(9)2)7-13-15(21)18(8-14(19)20)16(22)23-13/h3-7H,8H2,1-2H3,(H,19,20)/b13-7+. The molecule has 0 saturated carbocycles. The van der Waals surface area contributed by atoms with Gasteiger partial charge in [-0.15, -0.1) is 0 Å². The summed E-state index contributed by atoms with van der Waals surface area (Å²) in [6.07, 6.45) is 1.80. The molecule has 1 aromatic heterocycles. The van der Waals surface area contributed by atoms with Crippen molar-refractivity contribution >= 4 is 57.2 Å². The number of amides is 1. The zero-order valence-electron chi connectivity index (χ0n) is 12.6. The van der Waals surface area contributed by atoms with Crippen molar-refractivity contribution in [3.63, 3.8) is 0 Å². The fraction of sp³-hybridized carbons (Fsp3) is 0.188. The molecule has 1 amide bonds. The molecule has 118 valence electrons. The molecule has 1 saturated heterocycles. The van der Waals surface area contributed by atoms with Gasteiger partial charge < -0.3 is 9.67 Å². The van der Waals surface area contributed by atoms with E-state index >= 15 is 0 Å². The van der Waals surface area contributed by atoms with Gasteiger partial charge in [-0.1, -0.05) is 42.2 Å². The lowest BCUT2D eigenvalue weighted by Crippen LogP contribution is -2.33. The van der Waals surface area contributed by atoms with Crippen LogP contribution in [-0.2, 0) is 16.6 Å². The van der Waals surface area contributed by atoms with Crippen molar-refractivity contribution < 1.29 is 14.7 Å². The van der Waals surface area contributed by atoms with Gasteiger partial charge >= 0.3 is 5.97 Å². The zero-order valence-corrected chi connectivity index (χ0v) is 14.2. The summed E-state index contributed by atoms with van der Waals surface area (Å²) in [6, 6.07) is 7.95. The molecule has 23 heavy (non-hydrogen) atoms. The van der Waals surface area contributed by atoms with Gasteiger partial charge in [0.15, 0.2) is 0 Å². The number of carboxylic acid groups (broad SMARTS) is 1. The van der Waals surface area contributed by atoms with Crippen molar-refractivity contribution in [2.75, 3.05) is 6.54 Å². The maximum Gasteiger partial charge on any atom is 0.323 e. The average molecular weight is 346 g/mol. The van der Waals surface area contributed by atoms with Crippen LogP contribution in [0.3, 0.4) is 0 Å². The van der Waals surface area contributed by atoms with Crippen LogP contribution in [0.5, 0.6) is 0 Å². The molecule has 3 rings (SSSR count). The van der Waals surface area contributed by atoms with Gasteiger partial charge in [-0.25, -0.2) is 0 Å². The van der Waals surface area contributed by atoms with E-state index in [1.54, 1.807) is 6.08 Å². The first-order chi connectivity index (χ1) is 10.9. The molecule has 1 aliphatic rings. The van der Waals surface area contributed by atoms with E-state index in [1.807, 2.05) is 38.2 Å². The summed E-state index contributed by atoms with van der Waals surface area (Å²) in [4.78, 5) is 24.8. The molecule has 7 heteroatoms. The molecule has 5 nitrogen and oxygen atoms in total. The Kier molecular flexibility index (Phi) is 3.99. The van der Waals surface area contributed by atoms with Crippen LogP contribution >= 0.6 is 24.0 Å². The minimum absolute atomic E-state index is 0.279. The van der Waals surface area contributed by atoms with Gasteiger partial charge in [-0.05, 0) is 19.1 Å². The number of carboxylic acids is 1. The van der Waals surface area contributed by atoms with Crippen molar-refractivity contribution in [2.24, 2.45) is 7.05 Å². The third kappa shape index (κ3) is 2.66. The highest BCUT2D eigenvalue weighted by Crippen LogP contribution is 2.35. The predicted molar refractivity (Wildman–Crippen MR) is 95.2 cm³/mol. The molecular weight excluding hydrogens is 332 g/mol. The van der Waals surface area contributed by atoms with E-state index in [4.69, 9.17) is 17.3 Å². The number of hydrogen-bond donors (Lipinski definition) is 1. The van der Waals surface area contributed by atoms with Crippen LogP contribution in [0.2, 0.25) is 0 Å². The largest absolute Gasteiger partial charge is 0.480 e. The maximum absolute atomic E-state index is 12.4. The van der Waals surface area contributed by atoms with Crippen molar-refractivity contribution in [1.82, 2.24) is 9.47 Å². The lowest BCUT2D eigenvalue weighted by atomic mass is 10.1. The van der Waals surface area contributed by atoms with Gasteiger partial charge in [0.05, 0.1) is 4.91 Å². The van der Waals surface area contributed by atoms with Crippen LogP contribution in [0.1, 0.15) is 11.3 Å². The number of rotatable bonds is 3. The number of benzene rings is 1. The van der Waals surface area contributed by atoms with E-state index in [0.717, 1.165) is 38.8 Å². The maximum atomic E-state index is 12.4. The molecule has 1 fully saturated rings. The van der Waals surface area contributed by atoms with E-state index in [2.05, 4.69) is 4.57 Å². The Bertz CT molecular complexity index is 883. The second-order valence-corrected chi connectivity index (χ2v) is 6.91. The van der Waals surface area contributed by atoms with Gasteiger partial charge in [0.25, 0.3) is 5.91 Å². The van der Waals surface area contributed by atoms with Crippen LogP contribution < -0.4 is 0 Å². The summed E-state index contributed by atoms with van der Waals surface area (Å²) in [5, 5.41) is 9.94. The van der Waals surface area contributed by atoms with Crippen molar-refractivity contribution in [3.8, 4) is 0 Å². The number of hydrogen-bond acceptors (Lipinski definition) is 4. The first kappa shape index (κ1) is 15.8. The summed E-state index contributed by atoms with van der Waals surface area (Å²) >= 11 is 6.26. The Labute approximate surface area is 142 Å². The third-order valence-electron chi connectivity index (χ3n) is 3.89. The first-order valence-electron chi connectivity index (χ1n) is 6.91. The van der Waals surface area contributed by atoms with E-state index in [0.29, 0.717) is 4.91 Å². The molecule has 2 heterocycles. The van der Waals surface area contributed by atoms with Crippen LogP contribution in [0.25, 0.3) is 17.0 Å². The second kappa shape index (κ2) is 5.82. The lowest BCUT2D eigenvalue weighted by molar-refractivity contribution is -0.140. The number of fused-ring (bicyclic) bond motifs is 1. The number of aromatic nitrogens is 1. The van der Waals surface area contributed by atoms with Gasteiger partial charge in [-0.3, -0.25) is 14.5 Å². The Morgan fingerprint density at radius 1 is 1.39 bits per heavy atom.